The summed E-state index contributed by atoms with van der Waals surface area (Å²) in [5.74, 6) is -0.157. The topological polar surface area (TPSA) is 58.6 Å². The van der Waals surface area contributed by atoms with E-state index in [1.807, 2.05) is 31.2 Å². The second kappa shape index (κ2) is 9.95. The number of carbonyl (C=O) groups excluding carboxylic acids is 2. The van der Waals surface area contributed by atoms with E-state index in [1.165, 1.54) is 10.5 Å². The molecule has 0 aliphatic heterocycles. The first-order chi connectivity index (χ1) is 10.5. The van der Waals surface area contributed by atoms with E-state index in [2.05, 4.69) is 5.32 Å². The number of ether oxygens (including phenoxy) is 1. The number of aryl methyl sites for hydroxylation is 2. The molecule has 1 aromatic rings. The Morgan fingerprint density at radius 2 is 1.91 bits per heavy atom. The molecule has 22 heavy (non-hydrogen) atoms. The monoisotopic (exact) mass is 306 g/mol. The molecule has 1 rings (SSSR count). The van der Waals surface area contributed by atoms with Crippen molar-refractivity contribution in [2.24, 2.45) is 0 Å². The Hall–Kier alpha value is -1.88. The molecule has 1 aromatic carbocycles. The van der Waals surface area contributed by atoms with Crippen molar-refractivity contribution < 1.29 is 14.3 Å². The van der Waals surface area contributed by atoms with Gasteiger partial charge in [-0.15, -0.1) is 0 Å². The third kappa shape index (κ3) is 7.22. The molecule has 0 saturated heterocycles. The average molecular weight is 306 g/mol. The summed E-state index contributed by atoms with van der Waals surface area (Å²) in [6, 6.07) is 8.14. The van der Waals surface area contributed by atoms with E-state index in [4.69, 9.17) is 4.74 Å². The molecule has 0 saturated carbocycles. The van der Waals surface area contributed by atoms with E-state index >= 15 is 0 Å². The minimum absolute atomic E-state index is 0.0207. The van der Waals surface area contributed by atoms with Crippen LogP contribution in [0.15, 0.2) is 24.3 Å². The van der Waals surface area contributed by atoms with Gasteiger partial charge in [0.1, 0.15) is 0 Å². The molecule has 0 aromatic heterocycles. The number of hydrogen-bond acceptors (Lipinski definition) is 3. The lowest BCUT2D eigenvalue weighted by Gasteiger charge is -2.17. The number of carbonyl (C=O) groups is 2. The van der Waals surface area contributed by atoms with Crippen LogP contribution in [0.3, 0.4) is 0 Å². The maximum Gasteiger partial charge on any atom is 0.239 e. The molecule has 1 N–H and O–H groups in total. The third-order valence-corrected chi connectivity index (χ3v) is 3.40. The molecule has 0 aliphatic rings. The maximum absolute atomic E-state index is 12.0. The lowest BCUT2D eigenvalue weighted by atomic mass is 10.1. The van der Waals surface area contributed by atoms with Gasteiger partial charge in [-0.05, 0) is 25.3 Å². The number of amides is 2. The summed E-state index contributed by atoms with van der Waals surface area (Å²) in [5.41, 5.74) is 2.34. The zero-order chi connectivity index (χ0) is 16.4. The van der Waals surface area contributed by atoms with Crippen LogP contribution in [0.4, 0.5) is 0 Å². The van der Waals surface area contributed by atoms with Crippen LogP contribution in [-0.4, -0.2) is 50.6 Å². The minimum Gasteiger partial charge on any atom is -0.385 e. The van der Waals surface area contributed by atoms with Gasteiger partial charge in [-0.2, -0.15) is 0 Å². The van der Waals surface area contributed by atoms with E-state index in [0.717, 1.165) is 12.0 Å². The molecule has 0 radical (unpaired) electrons. The van der Waals surface area contributed by atoms with Crippen LogP contribution < -0.4 is 5.32 Å². The van der Waals surface area contributed by atoms with E-state index in [0.29, 0.717) is 26.0 Å². The molecule has 0 atom stereocenters. The molecular weight excluding hydrogens is 280 g/mol. The van der Waals surface area contributed by atoms with Crippen molar-refractivity contribution in [2.45, 2.75) is 26.2 Å². The summed E-state index contributed by atoms with van der Waals surface area (Å²) in [4.78, 5) is 25.2. The Morgan fingerprint density at radius 3 is 2.55 bits per heavy atom. The van der Waals surface area contributed by atoms with Crippen LogP contribution in [0.2, 0.25) is 0 Å². The highest BCUT2D eigenvalue weighted by Crippen LogP contribution is 2.06. The van der Waals surface area contributed by atoms with Crippen molar-refractivity contribution in [2.75, 3.05) is 33.9 Å². The molecule has 122 valence electrons. The number of hydrogen-bond donors (Lipinski definition) is 1. The van der Waals surface area contributed by atoms with Gasteiger partial charge in [-0.1, -0.05) is 29.8 Å². The summed E-state index contributed by atoms with van der Waals surface area (Å²) in [6.07, 6.45) is 1.88. The van der Waals surface area contributed by atoms with Gasteiger partial charge in [0, 0.05) is 33.7 Å². The molecule has 0 bridgehead atoms. The lowest BCUT2D eigenvalue weighted by molar-refractivity contribution is -0.134. The predicted octanol–water partition coefficient (Wildman–Crippen LogP) is 1.54. The Balaban J connectivity index is 2.26. The number of nitrogens with one attached hydrogen (secondary N) is 1. The molecule has 0 spiro atoms. The molecule has 0 aliphatic carbocycles. The summed E-state index contributed by atoms with van der Waals surface area (Å²) in [5, 5.41) is 2.77. The van der Waals surface area contributed by atoms with E-state index in [-0.39, 0.29) is 18.4 Å². The number of methoxy groups -OCH3 is 1. The first-order valence-corrected chi connectivity index (χ1v) is 7.58. The van der Waals surface area contributed by atoms with Crippen molar-refractivity contribution in [1.82, 2.24) is 10.2 Å². The van der Waals surface area contributed by atoms with Gasteiger partial charge >= 0.3 is 0 Å². The zero-order valence-corrected chi connectivity index (χ0v) is 13.7. The second-order valence-corrected chi connectivity index (χ2v) is 5.43. The normalized spacial score (nSPS) is 10.3. The van der Waals surface area contributed by atoms with Crippen molar-refractivity contribution in [1.29, 1.82) is 0 Å². The van der Waals surface area contributed by atoms with Crippen molar-refractivity contribution in [3.63, 3.8) is 0 Å². The molecular formula is C17H26N2O3. The van der Waals surface area contributed by atoms with Gasteiger partial charge < -0.3 is 15.0 Å². The first kappa shape index (κ1) is 18.2. The van der Waals surface area contributed by atoms with Gasteiger partial charge in [-0.3, -0.25) is 9.59 Å². The van der Waals surface area contributed by atoms with Crippen LogP contribution in [0.5, 0.6) is 0 Å². The predicted molar refractivity (Wildman–Crippen MR) is 86.6 cm³/mol. The largest absolute Gasteiger partial charge is 0.385 e. The third-order valence-electron chi connectivity index (χ3n) is 3.40. The Bertz CT molecular complexity index is 471. The molecule has 0 heterocycles. The SMILES string of the molecule is COCCCNC(=O)CN(C)C(=O)CCc1ccc(C)cc1. The number of nitrogens with zero attached hydrogens (tertiary/aromatic N) is 1. The van der Waals surface area contributed by atoms with Crippen LogP contribution in [-0.2, 0) is 20.7 Å². The van der Waals surface area contributed by atoms with Crippen LogP contribution in [0, 0.1) is 6.92 Å². The zero-order valence-electron chi connectivity index (χ0n) is 13.7. The maximum atomic E-state index is 12.0. The highest BCUT2D eigenvalue weighted by molar-refractivity contribution is 5.84. The first-order valence-electron chi connectivity index (χ1n) is 7.58. The molecule has 0 unspecified atom stereocenters. The fraction of sp³-hybridized carbons (Fsp3) is 0.529. The fourth-order valence-electron chi connectivity index (χ4n) is 2.00. The van der Waals surface area contributed by atoms with Crippen LogP contribution in [0.1, 0.15) is 24.0 Å². The number of likely N-dealkylation sites (N-methyl/N-ethyl adjacent to an activating group) is 1. The molecule has 5 heteroatoms. The van der Waals surface area contributed by atoms with Gasteiger partial charge in [-0.25, -0.2) is 0 Å². The summed E-state index contributed by atoms with van der Waals surface area (Å²) < 4.78 is 4.91. The molecule has 5 nitrogen and oxygen atoms in total. The Kier molecular flexibility index (Phi) is 8.22. The average Bonchev–Trinajstić information content (AvgIpc) is 2.50. The Morgan fingerprint density at radius 1 is 1.23 bits per heavy atom. The fourth-order valence-corrected chi connectivity index (χ4v) is 2.00. The minimum atomic E-state index is -0.137. The van der Waals surface area contributed by atoms with Crippen LogP contribution >= 0.6 is 0 Å². The van der Waals surface area contributed by atoms with E-state index < -0.39 is 0 Å². The highest BCUT2D eigenvalue weighted by Gasteiger charge is 2.12. The standard InChI is InChI=1S/C17H26N2O3/c1-14-5-7-15(8-6-14)9-10-17(21)19(2)13-16(20)18-11-4-12-22-3/h5-8H,4,9-13H2,1-3H3,(H,18,20). The molecule has 2 amide bonds. The van der Waals surface area contributed by atoms with E-state index in [9.17, 15) is 9.59 Å². The quantitative estimate of drug-likeness (QED) is 0.704. The van der Waals surface area contributed by atoms with Gasteiger partial charge in [0.05, 0.1) is 6.54 Å². The number of benzene rings is 1. The van der Waals surface area contributed by atoms with Crippen molar-refractivity contribution in [3.8, 4) is 0 Å². The van der Waals surface area contributed by atoms with Crippen molar-refractivity contribution in [3.05, 3.63) is 35.4 Å². The van der Waals surface area contributed by atoms with Gasteiger partial charge in [0.25, 0.3) is 0 Å². The lowest BCUT2D eigenvalue weighted by Crippen LogP contribution is -2.38. The Labute approximate surface area is 132 Å². The summed E-state index contributed by atoms with van der Waals surface area (Å²) >= 11 is 0. The van der Waals surface area contributed by atoms with Crippen LogP contribution in [0.25, 0.3) is 0 Å². The summed E-state index contributed by atoms with van der Waals surface area (Å²) in [6.45, 7) is 3.32. The highest BCUT2D eigenvalue weighted by atomic mass is 16.5. The second-order valence-electron chi connectivity index (χ2n) is 5.43. The van der Waals surface area contributed by atoms with Gasteiger partial charge in [0.2, 0.25) is 11.8 Å². The van der Waals surface area contributed by atoms with Crippen molar-refractivity contribution >= 4 is 11.8 Å². The van der Waals surface area contributed by atoms with Gasteiger partial charge in [0.15, 0.2) is 0 Å². The molecule has 0 fully saturated rings. The number of rotatable bonds is 9. The summed E-state index contributed by atoms with van der Waals surface area (Å²) in [7, 11) is 3.29. The van der Waals surface area contributed by atoms with E-state index in [1.54, 1.807) is 14.2 Å². The smallest absolute Gasteiger partial charge is 0.239 e.